The van der Waals surface area contributed by atoms with Gasteiger partial charge in [0.05, 0.1) is 6.10 Å². The van der Waals surface area contributed by atoms with Crippen LogP contribution in [0.1, 0.15) is 80.9 Å². The van der Waals surface area contributed by atoms with Crippen molar-refractivity contribution in [2.45, 2.75) is 89.9 Å². The lowest BCUT2D eigenvalue weighted by atomic mass is 9.87. The highest BCUT2D eigenvalue weighted by molar-refractivity contribution is 5.81. The molecule has 0 aliphatic heterocycles. The molecule has 228 valence electrons. The summed E-state index contributed by atoms with van der Waals surface area (Å²) in [4.78, 5) is 38.6. The van der Waals surface area contributed by atoms with Gasteiger partial charge in [-0.3, -0.25) is 9.59 Å². The van der Waals surface area contributed by atoms with Crippen molar-refractivity contribution in [2.24, 2.45) is 11.8 Å². The number of benzene rings is 2. The van der Waals surface area contributed by atoms with Crippen molar-refractivity contribution >= 4 is 11.9 Å². The number of allylic oxidation sites excluding steroid dienone is 2. The highest BCUT2D eigenvalue weighted by Crippen LogP contribution is 2.38. The summed E-state index contributed by atoms with van der Waals surface area (Å²) in [5.41, 5.74) is 2.75. The minimum Gasteiger partial charge on any atom is -0.460 e. The van der Waals surface area contributed by atoms with Crippen LogP contribution < -0.4 is 5.32 Å². The molecule has 2 N–H and O–H groups in total. The largest absolute Gasteiger partial charge is 0.460 e. The van der Waals surface area contributed by atoms with Gasteiger partial charge in [0.2, 0.25) is 5.91 Å². The van der Waals surface area contributed by atoms with Gasteiger partial charge in [0.1, 0.15) is 19.8 Å². The Morgan fingerprint density at radius 3 is 2.40 bits per heavy atom. The minimum atomic E-state index is -0.851. The SMILES string of the molecule is O=C(CCC/C=C\CC1CCC(O)C1CCCCCc1ccccc1)NCC(=O)OCc1ccc(CO[N+](=O)[O-])cc1. The molecule has 2 aromatic rings. The molecule has 9 heteroatoms. The monoisotopic (exact) mass is 580 g/mol. The summed E-state index contributed by atoms with van der Waals surface area (Å²) in [6.07, 6.45) is 14.6. The molecule has 0 radical (unpaired) electrons. The van der Waals surface area contributed by atoms with Gasteiger partial charge >= 0.3 is 5.97 Å². The van der Waals surface area contributed by atoms with Crippen molar-refractivity contribution in [3.05, 3.63) is 93.6 Å². The molecule has 0 spiro atoms. The van der Waals surface area contributed by atoms with E-state index in [1.807, 2.05) is 6.07 Å². The van der Waals surface area contributed by atoms with E-state index >= 15 is 0 Å². The lowest BCUT2D eigenvalue weighted by molar-refractivity contribution is -0.763. The molecule has 9 nitrogen and oxygen atoms in total. The third-order valence-electron chi connectivity index (χ3n) is 7.85. The number of nitrogens with one attached hydrogen (secondary N) is 1. The molecule has 3 unspecified atom stereocenters. The number of carbonyl (C=O) groups excluding carboxylic acids is 2. The molecule has 0 bridgehead atoms. The summed E-state index contributed by atoms with van der Waals surface area (Å²) in [7, 11) is 0. The van der Waals surface area contributed by atoms with Crippen LogP contribution in [0.3, 0.4) is 0 Å². The lowest BCUT2D eigenvalue weighted by Crippen LogP contribution is -2.30. The van der Waals surface area contributed by atoms with E-state index < -0.39 is 11.1 Å². The number of hydrogen-bond donors (Lipinski definition) is 2. The molecule has 1 aliphatic rings. The number of amides is 1. The third-order valence-corrected chi connectivity index (χ3v) is 7.85. The Kier molecular flexibility index (Phi) is 14.6. The second kappa shape index (κ2) is 18.7. The number of hydrogen-bond acceptors (Lipinski definition) is 7. The Labute approximate surface area is 248 Å². The summed E-state index contributed by atoms with van der Waals surface area (Å²) in [6, 6.07) is 17.3. The minimum absolute atomic E-state index is 0.0447. The predicted molar refractivity (Wildman–Crippen MR) is 159 cm³/mol. The van der Waals surface area contributed by atoms with Gasteiger partial charge in [0, 0.05) is 6.42 Å². The average molecular weight is 581 g/mol. The Bertz CT molecular complexity index is 1120. The molecule has 1 fully saturated rings. The predicted octanol–water partition coefficient (Wildman–Crippen LogP) is 5.86. The summed E-state index contributed by atoms with van der Waals surface area (Å²) < 4.78 is 5.17. The van der Waals surface area contributed by atoms with Gasteiger partial charge < -0.3 is 20.0 Å². The first-order chi connectivity index (χ1) is 20.4. The Morgan fingerprint density at radius 2 is 1.67 bits per heavy atom. The number of aliphatic hydroxyl groups excluding tert-OH is 1. The molecule has 0 heterocycles. The summed E-state index contributed by atoms with van der Waals surface area (Å²) in [5.74, 6) is 0.183. The number of carbonyl (C=O) groups is 2. The highest BCUT2D eigenvalue weighted by atomic mass is 16.9. The van der Waals surface area contributed by atoms with E-state index in [1.165, 1.54) is 18.4 Å². The molecule has 1 saturated carbocycles. The van der Waals surface area contributed by atoms with Crippen LogP contribution in [-0.4, -0.2) is 34.7 Å². The Hall–Kier alpha value is -3.72. The summed E-state index contributed by atoms with van der Waals surface area (Å²) >= 11 is 0. The van der Waals surface area contributed by atoms with Crippen molar-refractivity contribution in [2.75, 3.05) is 6.54 Å². The van der Waals surface area contributed by atoms with E-state index in [-0.39, 0.29) is 31.8 Å². The van der Waals surface area contributed by atoms with Crippen molar-refractivity contribution in [3.8, 4) is 0 Å². The van der Waals surface area contributed by atoms with Crippen molar-refractivity contribution in [1.29, 1.82) is 0 Å². The van der Waals surface area contributed by atoms with Gasteiger partial charge in [0.25, 0.3) is 5.09 Å². The van der Waals surface area contributed by atoms with Crippen molar-refractivity contribution in [3.63, 3.8) is 0 Å². The van der Waals surface area contributed by atoms with Crippen LogP contribution in [-0.2, 0) is 38.8 Å². The zero-order chi connectivity index (χ0) is 30.0. The second-order valence-electron chi connectivity index (χ2n) is 11.0. The van der Waals surface area contributed by atoms with Crippen LogP contribution in [0.4, 0.5) is 0 Å². The number of ether oxygens (including phenoxy) is 1. The molecule has 3 rings (SSSR count). The quantitative estimate of drug-likeness (QED) is 0.0700. The normalized spacial score (nSPS) is 18.2. The van der Waals surface area contributed by atoms with Crippen LogP contribution in [0.5, 0.6) is 0 Å². The molecular weight excluding hydrogens is 536 g/mol. The fourth-order valence-corrected chi connectivity index (χ4v) is 5.48. The first kappa shape index (κ1) is 32.8. The van der Waals surface area contributed by atoms with E-state index in [4.69, 9.17) is 4.74 Å². The highest BCUT2D eigenvalue weighted by Gasteiger charge is 2.33. The number of aryl methyl sites for hydroxylation is 1. The molecule has 3 atom stereocenters. The molecule has 0 saturated heterocycles. The molecule has 1 amide bonds. The molecule has 0 aromatic heterocycles. The van der Waals surface area contributed by atoms with Gasteiger partial charge in [-0.2, -0.15) is 0 Å². The van der Waals surface area contributed by atoms with Gasteiger partial charge in [-0.05, 0) is 79.9 Å². The number of unbranched alkanes of at least 4 members (excludes halogenated alkanes) is 3. The zero-order valence-corrected chi connectivity index (χ0v) is 24.3. The molecule has 42 heavy (non-hydrogen) atoms. The van der Waals surface area contributed by atoms with E-state index in [1.54, 1.807) is 24.3 Å². The fraction of sp³-hybridized carbons (Fsp3) is 0.515. The lowest BCUT2D eigenvalue weighted by Gasteiger charge is -2.21. The summed E-state index contributed by atoms with van der Waals surface area (Å²) in [5, 5.41) is 22.5. The smallest absolute Gasteiger partial charge is 0.325 e. The van der Waals surface area contributed by atoms with Gasteiger partial charge in [0.15, 0.2) is 0 Å². The van der Waals surface area contributed by atoms with Crippen molar-refractivity contribution < 1.29 is 29.4 Å². The van der Waals surface area contributed by atoms with E-state index in [9.17, 15) is 24.8 Å². The number of aliphatic hydroxyl groups is 1. The molecule has 2 aromatic carbocycles. The van der Waals surface area contributed by atoms with Gasteiger partial charge in [-0.25, -0.2) is 0 Å². The van der Waals surface area contributed by atoms with Gasteiger partial charge in [-0.1, -0.05) is 79.6 Å². The zero-order valence-electron chi connectivity index (χ0n) is 24.3. The number of nitrogens with zero attached hydrogens (tertiary/aromatic N) is 1. The van der Waals surface area contributed by atoms with Gasteiger partial charge in [-0.15, -0.1) is 10.1 Å². The van der Waals surface area contributed by atoms with Crippen LogP contribution in [0.15, 0.2) is 66.7 Å². The number of rotatable bonds is 19. The third kappa shape index (κ3) is 12.9. The maximum absolute atomic E-state index is 12.1. The first-order valence-electron chi connectivity index (χ1n) is 15.0. The number of esters is 1. The van der Waals surface area contributed by atoms with Crippen LogP contribution in [0, 0.1) is 22.0 Å². The van der Waals surface area contributed by atoms with Crippen molar-refractivity contribution in [1.82, 2.24) is 5.32 Å². The fourth-order valence-electron chi connectivity index (χ4n) is 5.48. The maximum atomic E-state index is 12.1. The first-order valence-corrected chi connectivity index (χ1v) is 15.0. The maximum Gasteiger partial charge on any atom is 0.325 e. The van der Waals surface area contributed by atoms with E-state index in [0.717, 1.165) is 50.5 Å². The van der Waals surface area contributed by atoms with Crippen LogP contribution in [0.2, 0.25) is 0 Å². The van der Waals surface area contributed by atoms with Crippen LogP contribution >= 0.6 is 0 Å². The molecule has 1 aliphatic carbocycles. The molecular formula is C33H44N2O7. The summed E-state index contributed by atoms with van der Waals surface area (Å²) in [6.45, 7) is -0.291. The topological polar surface area (TPSA) is 128 Å². The van der Waals surface area contributed by atoms with E-state index in [2.05, 4.69) is 46.6 Å². The average Bonchev–Trinajstić information content (AvgIpc) is 3.35. The standard InChI is InChI=1S/C33H44N2O7/c36-31-22-21-29(30(31)15-9-4-7-13-26-11-5-3-6-12-26)14-8-1-2-10-16-32(37)34-23-33(38)41-24-27-17-19-28(20-18-27)25-42-35(39)40/h1,3,5-6,8,11-12,17-20,29-31,36H,2,4,7,9-10,13-16,21-25H2,(H,34,37)/b8-1-. The Balaban J connectivity index is 1.21. The second-order valence-corrected chi connectivity index (χ2v) is 11.0. The van der Waals surface area contributed by atoms with Crippen LogP contribution in [0.25, 0.3) is 0 Å². The Morgan fingerprint density at radius 1 is 0.929 bits per heavy atom. The van der Waals surface area contributed by atoms with E-state index in [0.29, 0.717) is 30.2 Å².